The molecule has 0 aliphatic heterocycles. The van der Waals surface area contributed by atoms with Gasteiger partial charge < -0.3 is 0 Å². The van der Waals surface area contributed by atoms with Crippen LogP contribution >= 0.6 is 15.9 Å². The fourth-order valence-electron chi connectivity index (χ4n) is 1.38. The van der Waals surface area contributed by atoms with Crippen LogP contribution in [0.5, 0.6) is 0 Å². The number of hydrogen-bond acceptors (Lipinski definition) is 2. The first-order chi connectivity index (χ1) is 7.58. The molecule has 1 heterocycles. The van der Waals surface area contributed by atoms with Gasteiger partial charge in [-0.25, -0.2) is 4.79 Å². The number of hydrogen-bond donors (Lipinski definition) is 1. The Morgan fingerprint density at radius 1 is 1.31 bits per heavy atom. The molecule has 0 radical (unpaired) electrons. The van der Waals surface area contributed by atoms with E-state index in [4.69, 9.17) is 0 Å². The van der Waals surface area contributed by atoms with Gasteiger partial charge in [0.1, 0.15) is 0 Å². The molecule has 0 saturated heterocycles. The number of rotatable bonds is 1. The van der Waals surface area contributed by atoms with Crippen LogP contribution in [-0.2, 0) is 0 Å². The van der Waals surface area contributed by atoms with Crippen LogP contribution in [0.25, 0.3) is 5.69 Å². The Kier molecular flexibility index (Phi) is 2.78. The summed E-state index contributed by atoms with van der Waals surface area (Å²) in [6.07, 6.45) is 1.53. The Balaban J connectivity index is 2.70. The molecule has 0 fully saturated rings. The van der Waals surface area contributed by atoms with Crippen molar-refractivity contribution in [1.82, 2.24) is 9.55 Å². The molecule has 0 amide bonds. The Hall–Kier alpha value is -1.62. The van der Waals surface area contributed by atoms with E-state index in [-0.39, 0.29) is 5.56 Å². The number of benzene rings is 1. The predicted octanol–water partition coefficient (Wildman–Crippen LogP) is 1.60. The van der Waals surface area contributed by atoms with Crippen molar-refractivity contribution in [3.8, 4) is 5.69 Å². The minimum Gasteiger partial charge on any atom is -0.273 e. The van der Waals surface area contributed by atoms with Crippen molar-refractivity contribution >= 4 is 15.9 Å². The van der Waals surface area contributed by atoms with E-state index in [2.05, 4.69) is 20.9 Å². The van der Waals surface area contributed by atoms with E-state index in [0.29, 0.717) is 11.3 Å². The van der Waals surface area contributed by atoms with E-state index >= 15 is 0 Å². The molecule has 0 saturated carbocycles. The number of aromatic amines is 1. The first kappa shape index (κ1) is 10.9. The van der Waals surface area contributed by atoms with Crippen molar-refractivity contribution in [2.45, 2.75) is 6.92 Å². The van der Waals surface area contributed by atoms with E-state index < -0.39 is 5.69 Å². The van der Waals surface area contributed by atoms with E-state index in [0.717, 1.165) is 4.47 Å². The van der Waals surface area contributed by atoms with E-state index in [1.807, 2.05) is 12.1 Å². The first-order valence-electron chi connectivity index (χ1n) is 4.66. The third-order valence-electron chi connectivity index (χ3n) is 2.21. The van der Waals surface area contributed by atoms with E-state index in [1.165, 1.54) is 10.8 Å². The number of halogens is 1. The predicted molar refractivity (Wildman–Crippen MR) is 65.1 cm³/mol. The smallest absolute Gasteiger partial charge is 0.273 e. The fraction of sp³-hybridized carbons (Fsp3) is 0.0909. The van der Waals surface area contributed by atoms with Crippen molar-refractivity contribution in [1.29, 1.82) is 0 Å². The summed E-state index contributed by atoms with van der Waals surface area (Å²) >= 11 is 3.33. The maximum absolute atomic E-state index is 11.6. The number of nitrogens with zero attached hydrogens (tertiary/aromatic N) is 1. The van der Waals surface area contributed by atoms with E-state index in [9.17, 15) is 9.59 Å². The average molecular weight is 281 g/mol. The van der Waals surface area contributed by atoms with Gasteiger partial charge >= 0.3 is 5.69 Å². The van der Waals surface area contributed by atoms with Crippen LogP contribution in [0.3, 0.4) is 0 Å². The van der Waals surface area contributed by atoms with Crippen LogP contribution in [0.2, 0.25) is 0 Å². The SMILES string of the molecule is Cc1cn(-c2cccc(Br)c2)c(=O)[nH]c1=O. The van der Waals surface area contributed by atoms with Gasteiger partial charge in [0.15, 0.2) is 0 Å². The van der Waals surface area contributed by atoms with Gasteiger partial charge in [0.2, 0.25) is 0 Å². The van der Waals surface area contributed by atoms with Gasteiger partial charge in [-0.1, -0.05) is 22.0 Å². The molecule has 1 aromatic carbocycles. The van der Waals surface area contributed by atoms with Crippen molar-refractivity contribution in [3.63, 3.8) is 0 Å². The summed E-state index contributed by atoms with van der Waals surface area (Å²) in [6.45, 7) is 1.66. The highest BCUT2D eigenvalue weighted by Crippen LogP contribution is 2.13. The molecule has 0 spiro atoms. The van der Waals surface area contributed by atoms with Crippen LogP contribution in [0.15, 0.2) is 44.5 Å². The number of aromatic nitrogens is 2. The van der Waals surface area contributed by atoms with Crippen molar-refractivity contribution in [3.05, 3.63) is 61.3 Å². The minimum atomic E-state index is -0.436. The summed E-state index contributed by atoms with van der Waals surface area (Å²) in [4.78, 5) is 25.1. The average Bonchev–Trinajstić information content (AvgIpc) is 2.23. The standard InChI is InChI=1S/C11H9BrN2O2/c1-7-6-14(11(16)13-10(7)15)9-4-2-3-8(12)5-9/h2-6H,1H3,(H,13,15,16). The molecular weight excluding hydrogens is 272 g/mol. The second-order valence-corrected chi connectivity index (χ2v) is 4.34. The maximum atomic E-state index is 11.6. The number of aryl methyl sites for hydroxylation is 1. The molecule has 2 aromatic rings. The lowest BCUT2D eigenvalue weighted by atomic mass is 10.3. The molecule has 0 aliphatic rings. The van der Waals surface area contributed by atoms with Gasteiger partial charge in [-0.05, 0) is 25.1 Å². The Morgan fingerprint density at radius 2 is 2.06 bits per heavy atom. The zero-order chi connectivity index (χ0) is 11.7. The lowest BCUT2D eigenvalue weighted by Gasteiger charge is -2.05. The van der Waals surface area contributed by atoms with Crippen LogP contribution in [0.1, 0.15) is 5.56 Å². The minimum absolute atomic E-state index is 0.351. The molecule has 4 nitrogen and oxygen atoms in total. The molecule has 5 heteroatoms. The number of nitrogens with one attached hydrogen (secondary N) is 1. The molecule has 2 rings (SSSR count). The summed E-state index contributed by atoms with van der Waals surface area (Å²) in [5.74, 6) is 0. The lowest BCUT2D eigenvalue weighted by Crippen LogP contribution is -2.29. The largest absolute Gasteiger partial charge is 0.332 e. The third-order valence-corrected chi connectivity index (χ3v) is 2.70. The molecule has 16 heavy (non-hydrogen) atoms. The molecule has 1 N–H and O–H groups in total. The summed E-state index contributed by atoms with van der Waals surface area (Å²) in [5, 5.41) is 0. The van der Waals surface area contributed by atoms with Gasteiger partial charge in [0, 0.05) is 16.2 Å². The topological polar surface area (TPSA) is 54.9 Å². The quantitative estimate of drug-likeness (QED) is 0.863. The lowest BCUT2D eigenvalue weighted by molar-refractivity contribution is 0.879. The van der Waals surface area contributed by atoms with Gasteiger partial charge in [-0.15, -0.1) is 0 Å². The van der Waals surface area contributed by atoms with Crippen molar-refractivity contribution < 1.29 is 0 Å². The summed E-state index contributed by atoms with van der Waals surface area (Å²) in [7, 11) is 0. The zero-order valence-electron chi connectivity index (χ0n) is 8.53. The molecule has 82 valence electrons. The highest BCUT2D eigenvalue weighted by atomic mass is 79.9. The van der Waals surface area contributed by atoms with Crippen LogP contribution in [-0.4, -0.2) is 9.55 Å². The van der Waals surface area contributed by atoms with Gasteiger partial charge in [0.05, 0.1) is 5.69 Å². The van der Waals surface area contributed by atoms with Crippen LogP contribution in [0.4, 0.5) is 0 Å². The van der Waals surface area contributed by atoms with Gasteiger partial charge in [-0.2, -0.15) is 0 Å². The molecular formula is C11H9BrN2O2. The summed E-state index contributed by atoms with van der Waals surface area (Å²) < 4.78 is 2.28. The monoisotopic (exact) mass is 280 g/mol. The van der Waals surface area contributed by atoms with Crippen molar-refractivity contribution in [2.75, 3.05) is 0 Å². The Morgan fingerprint density at radius 3 is 2.75 bits per heavy atom. The van der Waals surface area contributed by atoms with Gasteiger partial charge in [-0.3, -0.25) is 14.3 Å². The molecule has 0 bridgehead atoms. The van der Waals surface area contributed by atoms with Crippen LogP contribution in [0, 0.1) is 6.92 Å². The zero-order valence-corrected chi connectivity index (χ0v) is 10.1. The third kappa shape index (κ3) is 1.99. The Bertz CT molecular complexity index is 643. The molecule has 0 aliphatic carbocycles. The van der Waals surface area contributed by atoms with Crippen LogP contribution < -0.4 is 11.2 Å². The highest BCUT2D eigenvalue weighted by Gasteiger charge is 2.03. The second kappa shape index (κ2) is 4.09. The fourth-order valence-corrected chi connectivity index (χ4v) is 1.77. The summed E-state index contributed by atoms with van der Waals surface area (Å²) in [6, 6.07) is 7.29. The van der Waals surface area contributed by atoms with E-state index in [1.54, 1.807) is 19.1 Å². The first-order valence-corrected chi connectivity index (χ1v) is 5.46. The maximum Gasteiger partial charge on any atom is 0.332 e. The molecule has 1 aromatic heterocycles. The molecule has 0 atom stereocenters. The summed E-state index contributed by atoms with van der Waals surface area (Å²) in [5.41, 5.74) is 0.420. The number of H-pyrrole nitrogens is 1. The second-order valence-electron chi connectivity index (χ2n) is 3.42. The normalized spacial score (nSPS) is 10.4. The highest BCUT2D eigenvalue weighted by molar-refractivity contribution is 9.10. The van der Waals surface area contributed by atoms with Gasteiger partial charge in [0.25, 0.3) is 5.56 Å². The molecule has 0 unspecified atom stereocenters. The Labute approximate surface area is 99.7 Å². The van der Waals surface area contributed by atoms with Crippen molar-refractivity contribution in [2.24, 2.45) is 0 Å².